The van der Waals surface area contributed by atoms with Gasteiger partial charge in [-0.25, -0.2) is 0 Å². The second-order valence-corrected chi connectivity index (χ2v) is 4.87. The molecule has 1 fully saturated rings. The number of rotatable bonds is 3. The van der Waals surface area contributed by atoms with E-state index in [1.54, 1.807) is 6.33 Å². The zero-order chi connectivity index (χ0) is 11.7. The van der Waals surface area contributed by atoms with E-state index in [4.69, 9.17) is 4.74 Å². The lowest BCUT2D eigenvalue weighted by Crippen LogP contribution is -2.41. The Morgan fingerprint density at radius 3 is 3.29 bits per heavy atom. The third kappa shape index (κ3) is 2.34. The average molecular weight is 238 g/mol. The highest BCUT2D eigenvalue weighted by Gasteiger charge is 2.27. The number of β-amino-alcohol motifs (C(OH)–C–C–N with tert-alkyl or cyclic N) is 1. The Balaban J connectivity index is 1.56. The van der Waals surface area contributed by atoms with Crippen molar-refractivity contribution in [1.82, 2.24) is 19.7 Å². The van der Waals surface area contributed by atoms with E-state index in [1.165, 1.54) is 0 Å². The molecule has 0 bridgehead atoms. The summed E-state index contributed by atoms with van der Waals surface area (Å²) in [5.41, 5.74) is 0. The molecule has 0 spiro atoms. The van der Waals surface area contributed by atoms with Crippen LogP contribution in [0.5, 0.6) is 0 Å². The van der Waals surface area contributed by atoms with Gasteiger partial charge in [-0.1, -0.05) is 0 Å². The molecule has 0 radical (unpaired) electrons. The van der Waals surface area contributed by atoms with Gasteiger partial charge >= 0.3 is 0 Å². The van der Waals surface area contributed by atoms with Crippen molar-refractivity contribution in [2.75, 3.05) is 26.3 Å². The Hall–Kier alpha value is -0.980. The molecule has 0 aromatic carbocycles. The largest absolute Gasteiger partial charge is 0.391 e. The summed E-state index contributed by atoms with van der Waals surface area (Å²) in [6.45, 7) is 4.85. The Morgan fingerprint density at radius 2 is 2.47 bits per heavy atom. The van der Waals surface area contributed by atoms with Gasteiger partial charge < -0.3 is 14.4 Å². The number of nitrogens with zero attached hydrogens (tertiary/aromatic N) is 4. The van der Waals surface area contributed by atoms with Crippen molar-refractivity contribution in [2.45, 2.75) is 25.6 Å². The maximum Gasteiger partial charge on any atom is 0.147 e. The minimum atomic E-state index is -0.285. The monoisotopic (exact) mass is 238 g/mol. The van der Waals surface area contributed by atoms with Gasteiger partial charge in [-0.05, 0) is 6.42 Å². The van der Waals surface area contributed by atoms with E-state index in [2.05, 4.69) is 19.7 Å². The number of fused-ring (bicyclic) bond motifs is 1. The average Bonchev–Trinajstić information content (AvgIpc) is 2.99. The first-order valence-corrected chi connectivity index (χ1v) is 6.18. The fraction of sp³-hybridized carbons (Fsp3) is 0.818. The van der Waals surface area contributed by atoms with Crippen molar-refractivity contribution >= 4 is 0 Å². The molecule has 1 aromatic heterocycles. The van der Waals surface area contributed by atoms with Gasteiger partial charge in [0.1, 0.15) is 12.2 Å². The van der Waals surface area contributed by atoms with Crippen molar-refractivity contribution in [1.29, 1.82) is 0 Å². The van der Waals surface area contributed by atoms with E-state index >= 15 is 0 Å². The highest BCUT2D eigenvalue weighted by atomic mass is 16.5. The molecule has 2 unspecified atom stereocenters. The summed E-state index contributed by atoms with van der Waals surface area (Å²) >= 11 is 0. The predicted octanol–water partition coefficient (Wildman–Crippen LogP) is -0.509. The molecule has 1 saturated heterocycles. The molecule has 1 N–H and O–H groups in total. The van der Waals surface area contributed by atoms with E-state index in [9.17, 15) is 5.11 Å². The lowest BCUT2D eigenvalue weighted by atomic mass is 10.0. The SMILES string of the molecule is OC(CN1CCn2cnnc2C1)C1CCOC1. The van der Waals surface area contributed by atoms with Crippen LogP contribution in [-0.4, -0.2) is 57.2 Å². The van der Waals surface area contributed by atoms with Crippen molar-refractivity contribution in [3.8, 4) is 0 Å². The van der Waals surface area contributed by atoms with E-state index in [0.717, 1.165) is 38.5 Å². The molecule has 2 aliphatic rings. The van der Waals surface area contributed by atoms with Crippen LogP contribution >= 0.6 is 0 Å². The molecule has 0 amide bonds. The highest BCUT2D eigenvalue weighted by molar-refractivity contribution is 4.90. The van der Waals surface area contributed by atoms with Crippen molar-refractivity contribution in [3.63, 3.8) is 0 Å². The van der Waals surface area contributed by atoms with Crippen molar-refractivity contribution in [3.05, 3.63) is 12.2 Å². The smallest absolute Gasteiger partial charge is 0.147 e. The predicted molar refractivity (Wildman–Crippen MR) is 60.2 cm³/mol. The molecular formula is C11H18N4O2. The minimum absolute atomic E-state index is 0.285. The van der Waals surface area contributed by atoms with Gasteiger partial charge in [0, 0.05) is 32.2 Å². The molecule has 1 aromatic rings. The molecule has 0 aliphatic carbocycles. The third-order valence-corrected chi connectivity index (χ3v) is 3.67. The maximum absolute atomic E-state index is 10.1. The zero-order valence-corrected chi connectivity index (χ0v) is 9.83. The molecular weight excluding hydrogens is 220 g/mol. The minimum Gasteiger partial charge on any atom is -0.391 e. The molecule has 0 saturated carbocycles. The number of aromatic nitrogens is 3. The van der Waals surface area contributed by atoms with Gasteiger partial charge in [-0.15, -0.1) is 10.2 Å². The third-order valence-electron chi connectivity index (χ3n) is 3.67. The molecule has 3 rings (SSSR count). The second-order valence-electron chi connectivity index (χ2n) is 4.87. The fourth-order valence-corrected chi connectivity index (χ4v) is 2.54. The summed E-state index contributed by atoms with van der Waals surface area (Å²) in [6, 6.07) is 0. The fourth-order valence-electron chi connectivity index (χ4n) is 2.54. The summed E-state index contributed by atoms with van der Waals surface area (Å²) < 4.78 is 7.38. The van der Waals surface area contributed by atoms with Crippen LogP contribution in [0.4, 0.5) is 0 Å². The number of hydrogen-bond acceptors (Lipinski definition) is 5. The Kier molecular flexibility index (Phi) is 3.09. The Bertz CT molecular complexity index is 375. The van der Waals surface area contributed by atoms with Crippen LogP contribution in [0, 0.1) is 5.92 Å². The maximum atomic E-state index is 10.1. The van der Waals surface area contributed by atoms with Crippen molar-refractivity contribution in [2.24, 2.45) is 5.92 Å². The van der Waals surface area contributed by atoms with Gasteiger partial charge in [0.2, 0.25) is 0 Å². The lowest BCUT2D eigenvalue weighted by Gasteiger charge is -2.30. The molecule has 2 aliphatic heterocycles. The number of hydrogen-bond donors (Lipinski definition) is 1. The summed E-state index contributed by atoms with van der Waals surface area (Å²) in [5, 5.41) is 18.1. The molecule has 3 heterocycles. The van der Waals surface area contributed by atoms with Crippen LogP contribution in [0.25, 0.3) is 0 Å². The molecule has 17 heavy (non-hydrogen) atoms. The van der Waals surface area contributed by atoms with Gasteiger partial charge in [-0.3, -0.25) is 4.90 Å². The van der Waals surface area contributed by atoms with Crippen LogP contribution in [0.2, 0.25) is 0 Å². The van der Waals surface area contributed by atoms with Crippen LogP contribution in [-0.2, 0) is 17.8 Å². The van der Waals surface area contributed by atoms with Gasteiger partial charge in [-0.2, -0.15) is 0 Å². The summed E-state index contributed by atoms with van der Waals surface area (Å²) in [6.07, 6.45) is 2.46. The quantitative estimate of drug-likeness (QED) is 0.768. The zero-order valence-electron chi connectivity index (χ0n) is 9.83. The summed E-state index contributed by atoms with van der Waals surface area (Å²) in [4.78, 5) is 2.24. The number of aliphatic hydroxyl groups excluding tert-OH is 1. The first-order chi connectivity index (χ1) is 8.33. The highest BCUT2D eigenvalue weighted by Crippen LogP contribution is 2.19. The van der Waals surface area contributed by atoms with E-state index in [-0.39, 0.29) is 6.10 Å². The number of ether oxygens (including phenoxy) is 1. The Morgan fingerprint density at radius 1 is 1.53 bits per heavy atom. The Labute approximate surface area is 100 Å². The summed E-state index contributed by atoms with van der Waals surface area (Å²) in [5.74, 6) is 1.29. The van der Waals surface area contributed by atoms with Crippen LogP contribution in [0.15, 0.2) is 6.33 Å². The topological polar surface area (TPSA) is 63.4 Å². The first kappa shape index (κ1) is 11.1. The van der Waals surface area contributed by atoms with Crippen molar-refractivity contribution < 1.29 is 9.84 Å². The van der Waals surface area contributed by atoms with E-state index in [0.29, 0.717) is 19.1 Å². The second kappa shape index (κ2) is 4.72. The molecule has 94 valence electrons. The van der Waals surface area contributed by atoms with Crippen LogP contribution < -0.4 is 0 Å². The summed E-state index contributed by atoms with van der Waals surface area (Å²) in [7, 11) is 0. The molecule has 6 nitrogen and oxygen atoms in total. The lowest BCUT2D eigenvalue weighted by molar-refractivity contribution is 0.0468. The number of aliphatic hydroxyl groups is 1. The molecule has 2 atom stereocenters. The van der Waals surface area contributed by atoms with Gasteiger partial charge in [0.15, 0.2) is 0 Å². The van der Waals surface area contributed by atoms with E-state index < -0.39 is 0 Å². The first-order valence-electron chi connectivity index (χ1n) is 6.18. The van der Waals surface area contributed by atoms with Gasteiger partial charge in [0.25, 0.3) is 0 Å². The normalized spacial score (nSPS) is 27.0. The molecule has 6 heteroatoms. The van der Waals surface area contributed by atoms with Crippen LogP contribution in [0.3, 0.4) is 0 Å². The van der Waals surface area contributed by atoms with Crippen LogP contribution in [0.1, 0.15) is 12.2 Å². The van der Waals surface area contributed by atoms with E-state index in [1.807, 2.05) is 0 Å². The standard InChI is InChI=1S/C11H18N4O2/c16-10(9-1-4-17-7-9)5-14-2-3-15-8-12-13-11(15)6-14/h8-10,16H,1-7H2. The van der Waals surface area contributed by atoms with Gasteiger partial charge in [0.05, 0.1) is 19.3 Å².